The number of likely N-dealkylation sites (tertiary alicyclic amines) is 1. The second-order valence-corrected chi connectivity index (χ2v) is 8.40. The Hall–Kier alpha value is -2.44. The average Bonchev–Trinajstić information content (AvgIpc) is 3.54. The van der Waals surface area contributed by atoms with E-state index < -0.39 is 0 Å². The molecule has 0 radical (unpaired) electrons. The Morgan fingerprint density at radius 2 is 2.00 bits per heavy atom. The van der Waals surface area contributed by atoms with Gasteiger partial charge in [0.2, 0.25) is 11.9 Å². The molecule has 1 aromatic rings. The fraction of sp³-hybridized carbons (Fsp3) is 0.700. The van der Waals surface area contributed by atoms with E-state index in [0.29, 0.717) is 25.0 Å². The number of anilines is 2. The maximum Gasteiger partial charge on any atom is 0.248 e. The summed E-state index contributed by atoms with van der Waals surface area (Å²) in [5.74, 6) is 2.09. The van der Waals surface area contributed by atoms with Crippen LogP contribution in [0.5, 0.6) is 0 Å². The second-order valence-electron chi connectivity index (χ2n) is 8.40. The van der Waals surface area contributed by atoms with Crippen LogP contribution in [-0.2, 0) is 9.53 Å². The zero-order valence-corrected chi connectivity index (χ0v) is 16.7. The number of nitriles is 1. The maximum absolute atomic E-state index is 12.3. The van der Waals surface area contributed by atoms with Crippen molar-refractivity contribution >= 4 is 17.7 Å². The predicted octanol–water partition coefficient (Wildman–Crippen LogP) is 0.692. The summed E-state index contributed by atoms with van der Waals surface area (Å²) in [6.07, 6.45) is 6.41. The van der Waals surface area contributed by atoms with Crippen LogP contribution in [0.1, 0.15) is 31.2 Å². The summed E-state index contributed by atoms with van der Waals surface area (Å²) >= 11 is 0. The van der Waals surface area contributed by atoms with Gasteiger partial charge in [-0.25, -0.2) is 4.98 Å². The molecule has 3 heterocycles. The lowest BCUT2D eigenvalue weighted by molar-refractivity contribution is -0.149. The molecule has 0 bridgehead atoms. The first-order valence-electron chi connectivity index (χ1n) is 10.5. The number of carbonyl (C=O) groups excluding carboxylic acids is 1. The zero-order valence-electron chi connectivity index (χ0n) is 16.7. The Morgan fingerprint density at radius 3 is 2.69 bits per heavy atom. The number of piperidine rings is 1. The SMILES string of the molecule is N#Cc1cnc(NCC2CN(CC3CCN(CC4CC4)CC3)C(=O)CO2)nc1N. The Kier molecular flexibility index (Phi) is 6.11. The highest BCUT2D eigenvalue weighted by Crippen LogP contribution is 2.31. The molecule has 2 saturated heterocycles. The van der Waals surface area contributed by atoms with E-state index in [1.54, 1.807) is 0 Å². The maximum atomic E-state index is 12.3. The number of hydrogen-bond acceptors (Lipinski definition) is 8. The monoisotopic (exact) mass is 399 g/mol. The van der Waals surface area contributed by atoms with Crippen molar-refractivity contribution in [3.63, 3.8) is 0 Å². The van der Waals surface area contributed by atoms with Gasteiger partial charge in [0.05, 0.1) is 12.3 Å². The molecule has 1 aliphatic carbocycles. The Bertz CT molecular complexity index is 769. The summed E-state index contributed by atoms with van der Waals surface area (Å²) in [5, 5.41) is 12.0. The Balaban J connectivity index is 1.23. The first-order chi connectivity index (χ1) is 14.1. The smallest absolute Gasteiger partial charge is 0.248 e. The van der Waals surface area contributed by atoms with Crippen molar-refractivity contribution in [1.29, 1.82) is 5.26 Å². The molecule has 2 aliphatic heterocycles. The second kappa shape index (κ2) is 8.93. The van der Waals surface area contributed by atoms with Gasteiger partial charge >= 0.3 is 0 Å². The number of amides is 1. The largest absolute Gasteiger partial charge is 0.382 e. The molecule has 3 aliphatic rings. The van der Waals surface area contributed by atoms with Crippen LogP contribution >= 0.6 is 0 Å². The van der Waals surface area contributed by atoms with Gasteiger partial charge in [-0.3, -0.25) is 4.79 Å². The van der Waals surface area contributed by atoms with Gasteiger partial charge in [0.15, 0.2) is 0 Å². The highest BCUT2D eigenvalue weighted by atomic mass is 16.5. The fourth-order valence-corrected chi connectivity index (χ4v) is 4.08. The molecule has 9 heteroatoms. The molecule has 0 aromatic carbocycles. The minimum atomic E-state index is -0.122. The summed E-state index contributed by atoms with van der Waals surface area (Å²) < 4.78 is 5.67. The highest BCUT2D eigenvalue weighted by Gasteiger charge is 2.31. The molecular weight excluding hydrogens is 370 g/mol. The third-order valence-electron chi connectivity index (χ3n) is 6.04. The fourth-order valence-electron chi connectivity index (χ4n) is 4.08. The van der Waals surface area contributed by atoms with Gasteiger partial charge in [-0.15, -0.1) is 0 Å². The van der Waals surface area contributed by atoms with E-state index in [2.05, 4.69) is 20.2 Å². The van der Waals surface area contributed by atoms with Gasteiger partial charge in [0.25, 0.3) is 0 Å². The lowest BCUT2D eigenvalue weighted by atomic mass is 9.95. The normalized spacial score (nSPS) is 23.8. The molecule has 3 fully saturated rings. The zero-order chi connectivity index (χ0) is 20.2. The first-order valence-corrected chi connectivity index (χ1v) is 10.5. The minimum absolute atomic E-state index is 0.0699. The van der Waals surface area contributed by atoms with Gasteiger partial charge in [-0.2, -0.15) is 10.2 Å². The first kappa shape index (κ1) is 19.9. The third-order valence-corrected chi connectivity index (χ3v) is 6.04. The van der Waals surface area contributed by atoms with E-state index in [1.807, 2.05) is 11.0 Å². The number of nitrogens with zero attached hydrogens (tertiary/aromatic N) is 5. The number of carbonyl (C=O) groups is 1. The molecule has 29 heavy (non-hydrogen) atoms. The number of aromatic nitrogens is 2. The van der Waals surface area contributed by atoms with Gasteiger partial charge < -0.3 is 25.6 Å². The predicted molar refractivity (Wildman–Crippen MR) is 108 cm³/mol. The number of hydrogen-bond donors (Lipinski definition) is 2. The summed E-state index contributed by atoms with van der Waals surface area (Å²) in [6, 6.07) is 1.94. The number of nitrogens with two attached hydrogens (primary N) is 1. The molecule has 156 valence electrons. The van der Waals surface area contributed by atoms with E-state index in [1.165, 1.54) is 38.4 Å². The van der Waals surface area contributed by atoms with E-state index >= 15 is 0 Å². The molecule has 1 aromatic heterocycles. The van der Waals surface area contributed by atoms with Crippen molar-refractivity contribution < 1.29 is 9.53 Å². The quantitative estimate of drug-likeness (QED) is 0.687. The molecular formula is C20H29N7O2. The van der Waals surface area contributed by atoms with E-state index in [4.69, 9.17) is 15.7 Å². The summed E-state index contributed by atoms with van der Waals surface area (Å²) in [4.78, 5) is 25.0. The Labute approximate surface area is 171 Å². The highest BCUT2D eigenvalue weighted by molar-refractivity contribution is 5.78. The number of nitrogens with one attached hydrogen (secondary N) is 1. The summed E-state index contributed by atoms with van der Waals surface area (Å²) in [6.45, 7) is 5.55. The van der Waals surface area contributed by atoms with Crippen LogP contribution in [0.25, 0.3) is 0 Å². The van der Waals surface area contributed by atoms with Crippen LogP contribution in [0.3, 0.4) is 0 Å². The van der Waals surface area contributed by atoms with Crippen molar-refractivity contribution in [2.24, 2.45) is 11.8 Å². The molecule has 1 atom stereocenters. The number of morpholine rings is 1. The van der Waals surface area contributed by atoms with Gasteiger partial charge in [0, 0.05) is 26.2 Å². The third kappa shape index (κ3) is 5.34. The van der Waals surface area contributed by atoms with E-state index in [9.17, 15) is 4.79 Å². The Morgan fingerprint density at radius 1 is 1.24 bits per heavy atom. The van der Waals surface area contributed by atoms with Crippen molar-refractivity contribution in [3.05, 3.63) is 11.8 Å². The van der Waals surface area contributed by atoms with Crippen molar-refractivity contribution in [3.8, 4) is 6.07 Å². The number of rotatable bonds is 7. The van der Waals surface area contributed by atoms with Crippen molar-refractivity contribution in [1.82, 2.24) is 19.8 Å². The number of ether oxygens (including phenoxy) is 1. The van der Waals surface area contributed by atoms with Crippen LogP contribution in [0.15, 0.2) is 6.20 Å². The minimum Gasteiger partial charge on any atom is -0.382 e. The summed E-state index contributed by atoms with van der Waals surface area (Å²) in [7, 11) is 0. The van der Waals surface area contributed by atoms with Crippen LogP contribution in [0.2, 0.25) is 0 Å². The molecule has 1 saturated carbocycles. The van der Waals surface area contributed by atoms with Crippen molar-refractivity contribution in [2.75, 3.05) is 56.9 Å². The van der Waals surface area contributed by atoms with Gasteiger partial charge in [-0.05, 0) is 50.6 Å². The topological polar surface area (TPSA) is 120 Å². The standard InChI is InChI=1S/C20H29N7O2/c21-7-16-8-23-20(25-19(16)22)24-9-17-12-27(18(28)13-29-17)11-15-3-5-26(6-4-15)10-14-1-2-14/h8,14-15,17H,1-6,9-13H2,(H3,22,23,24,25). The van der Waals surface area contributed by atoms with Crippen LogP contribution in [0, 0.1) is 23.2 Å². The molecule has 1 amide bonds. The molecule has 0 spiro atoms. The van der Waals surface area contributed by atoms with Crippen LogP contribution in [-0.4, -0.2) is 77.7 Å². The van der Waals surface area contributed by atoms with Crippen LogP contribution in [0.4, 0.5) is 11.8 Å². The van der Waals surface area contributed by atoms with E-state index in [0.717, 1.165) is 25.6 Å². The van der Waals surface area contributed by atoms with Crippen molar-refractivity contribution in [2.45, 2.75) is 31.8 Å². The van der Waals surface area contributed by atoms with Gasteiger partial charge in [-0.1, -0.05) is 0 Å². The van der Waals surface area contributed by atoms with Gasteiger partial charge in [0.1, 0.15) is 24.1 Å². The molecule has 1 unspecified atom stereocenters. The lowest BCUT2D eigenvalue weighted by Crippen LogP contribution is -2.51. The van der Waals surface area contributed by atoms with E-state index in [-0.39, 0.29) is 30.0 Å². The molecule has 4 rings (SSSR count). The molecule has 9 nitrogen and oxygen atoms in total. The summed E-state index contributed by atoms with van der Waals surface area (Å²) in [5.41, 5.74) is 5.98. The number of nitrogen functional groups attached to an aromatic ring is 1. The van der Waals surface area contributed by atoms with Crippen LogP contribution < -0.4 is 11.1 Å². The molecule has 3 N–H and O–H groups in total. The average molecular weight is 399 g/mol. The lowest BCUT2D eigenvalue weighted by Gasteiger charge is -2.38.